The standard InChI is InChI=1S/C21H23N3O2/c25-20(22-15-16-7-2-1-3-8-16)13-14-21(26)24-23-19-12-6-10-17-9-4-5-11-18(17)19/h1-5,7-9,11H,6,10,12-15H2,(H,22,25)(H,24,26). The van der Waals surface area contributed by atoms with Crippen LogP contribution in [0.5, 0.6) is 0 Å². The number of fused-ring (bicyclic) bond motifs is 1. The lowest BCUT2D eigenvalue weighted by atomic mass is 9.90. The molecule has 0 unspecified atom stereocenters. The molecule has 0 heterocycles. The van der Waals surface area contributed by atoms with E-state index in [0.29, 0.717) is 6.54 Å². The summed E-state index contributed by atoms with van der Waals surface area (Å²) in [4.78, 5) is 23.8. The molecule has 134 valence electrons. The number of nitrogens with one attached hydrogen (secondary N) is 2. The molecular weight excluding hydrogens is 326 g/mol. The van der Waals surface area contributed by atoms with E-state index in [1.165, 1.54) is 5.56 Å². The molecule has 0 radical (unpaired) electrons. The van der Waals surface area contributed by atoms with E-state index in [2.05, 4.69) is 21.9 Å². The van der Waals surface area contributed by atoms with Gasteiger partial charge in [-0.3, -0.25) is 9.59 Å². The lowest BCUT2D eigenvalue weighted by molar-refractivity contribution is -0.126. The van der Waals surface area contributed by atoms with Crippen molar-refractivity contribution in [2.75, 3.05) is 0 Å². The van der Waals surface area contributed by atoms with E-state index < -0.39 is 0 Å². The Bertz CT molecular complexity index is 800. The number of carbonyl (C=O) groups is 2. The van der Waals surface area contributed by atoms with Gasteiger partial charge >= 0.3 is 0 Å². The lowest BCUT2D eigenvalue weighted by Gasteiger charge is -2.17. The fourth-order valence-electron chi connectivity index (χ4n) is 3.01. The van der Waals surface area contributed by atoms with Crippen molar-refractivity contribution < 1.29 is 9.59 Å². The normalized spacial score (nSPS) is 14.5. The highest BCUT2D eigenvalue weighted by Gasteiger charge is 2.15. The van der Waals surface area contributed by atoms with Gasteiger partial charge in [0.1, 0.15) is 0 Å². The van der Waals surface area contributed by atoms with E-state index in [1.807, 2.05) is 48.5 Å². The summed E-state index contributed by atoms with van der Waals surface area (Å²) >= 11 is 0. The highest BCUT2D eigenvalue weighted by molar-refractivity contribution is 6.03. The Hall–Kier alpha value is -2.95. The van der Waals surface area contributed by atoms with E-state index in [4.69, 9.17) is 0 Å². The number of hydrogen-bond acceptors (Lipinski definition) is 3. The van der Waals surface area contributed by atoms with Crippen molar-refractivity contribution in [3.63, 3.8) is 0 Å². The fourth-order valence-corrected chi connectivity index (χ4v) is 3.01. The Labute approximate surface area is 153 Å². The zero-order valence-electron chi connectivity index (χ0n) is 14.7. The molecule has 5 nitrogen and oxygen atoms in total. The molecule has 0 aliphatic heterocycles. The van der Waals surface area contributed by atoms with Crippen molar-refractivity contribution in [1.82, 2.24) is 10.7 Å². The maximum Gasteiger partial charge on any atom is 0.240 e. The first-order valence-electron chi connectivity index (χ1n) is 8.96. The monoisotopic (exact) mass is 349 g/mol. The molecule has 1 aliphatic carbocycles. The van der Waals surface area contributed by atoms with Crippen LogP contribution in [0.1, 0.15) is 42.4 Å². The van der Waals surface area contributed by atoms with Crippen LogP contribution >= 0.6 is 0 Å². The van der Waals surface area contributed by atoms with Gasteiger partial charge in [-0.15, -0.1) is 0 Å². The first-order chi connectivity index (χ1) is 12.7. The van der Waals surface area contributed by atoms with Crippen LogP contribution in [-0.2, 0) is 22.6 Å². The second kappa shape index (κ2) is 8.94. The second-order valence-corrected chi connectivity index (χ2v) is 6.37. The van der Waals surface area contributed by atoms with Gasteiger partial charge in [-0.25, -0.2) is 5.43 Å². The van der Waals surface area contributed by atoms with Crippen LogP contribution in [0.4, 0.5) is 0 Å². The van der Waals surface area contributed by atoms with Gasteiger partial charge in [0.05, 0.1) is 5.71 Å². The third-order valence-electron chi connectivity index (χ3n) is 4.42. The second-order valence-electron chi connectivity index (χ2n) is 6.37. The number of carbonyl (C=O) groups excluding carboxylic acids is 2. The minimum atomic E-state index is -0.240. The Morgan fingerprint density at radius 1 is 0.885 bits per heavy atom. The third kappa shape index (κ3) is 5.02. The topological polar surface area (TPSA) is 70.6 Å². The van der Waals surface area contributed by atoms with Gasteiger partial charge in [0.2, 0.25) is 11.8 Å². The van der Waals surface area contributed by atoms with Crippen molar-refractivity contribution in [2.24, 2.45) is 5.10 Å². The van der Waals surface area contributed by atoms with E-state index in [1.54, 1.807) is 0 Å². The maximum atomic E-state index is 12.0. The molecule has 2 aromatic carbocycles. The van der Waals surface area contributed by atoms with Gasteiger partial charge in [0, 0.05) is 24.9 Å². The molecule has 2 aromatic rings. The molecule has 0 spiro atoms. The van der Waals surface area contributed by atoms with Crippen molar-refractivity contribution >= 4 is 17.5 Å². The summed E-state index contributed by atoms with van der Waals surface area (Å²) in [5.74, 6) is -0.380. The molecule has 0 saturated heterocycles. The van der Waals surface area contributed by atoms with Crippen LogP contribution in [-0.4, -0.2) is 17.5 Å². The molecule has 0 bridgehead atoms. The highest BCUT2D eigenvalue weighted by Crippen LogP contribution is 2.21. The summed E-state index contributed by atoms with van der Waals surface area (Å²) in [7, 11) is 0. The van der Waals surface area contributed by atoms with Crippen LogP contribution in [0.3, 0.4) is 0 Å². The largest absolute Gasteiger partial charge is 0.352 e. The number of hydrazone groups is 1. The van der Waals surface area contributed by atoms with E-state index in [9.17, 15) is 9.59 Å². The van der Waals surface area contributed by atoms with Crippen molar-refractivity contribution in [3.05, 3.63) is 71.3 Å². The number of amides is 2. The quantitative estimate of drug-likeness (QED) is 0.787. The van der Waals surface area contributed by atoms with E-state index in [-0.39, 0.29) is 24.7 Å². The van der Waals surface area contributed by atoms with Crippen LogP contribution in [0.15, 0.2) is 59.7 Å². The van der Waals surface area contributed by atoms with Crippen LogP contribution < -0.4 is 10.7 Å². The summed E-state index contributed by atoms with van der Waals surface area (Å²) in [6.07, 6.45) is 3.21. The molecule has 1 aliphatic rings. The number of hydrogen-bond donors (Lipinski definition) is 2. The van der Waals surface area contributed by atoms with Gasteiger partial charge < -0.3 is 5.32 Å². The predicted octanol–water partition coefficient (Wildman–Crippen LogP) is 2.94. The number of benzene rings is 2. The zero-order chi connectivity index (χ0) is 18.2. The zero-order valence-corrected chi connectivity index (χ0v) is 14.7. The summed E-state index contributed by atoms with van der Waals surface area (Å²) in [5.41, 5.74) is 6.92. The van der Waals surface area contributed by atoms with Crippen LogP contribution in [0, 0.1) is 0 Å². The minimum Gasteiger partial charge on any atom is -0.352 e. The SMILES string of the molecule is O=C(CCC(=O)NN=C1CCCc2ccccc21)NCc1ccccc1. The first kappa shape index (κ1) is 17.9. The molecule has 0 fully saturated rings. The molecule has 3 rings (SSSR count). The van der Waals surface area contributed by atoms with E-state index in [0.717, 1.165) is 36.1 Å². The number of aryl methyl sites for hydroxylation is 1. The summed E-state index contributed by atoms with van der Waals surface area (Å²) < 4.78 is 0. The van der Waals surface area contributed by atoms with Gasteiger partial charge in [-0.1, -0.05) is 54.6 Å². The molecular formula is C21H23N3O2. The summed E-state index contributed by atoms with van der Waals surface area (Å²) in [5, 5.41) is 7.10. The third-order valence-corrected chi connectivity index (χ3v) is 4.42. The Kier molecular flexibility index (Phi) is 6.14. The molecule has 0 aromatic heterocycles. The summed E-state index contributed by atoms with van der Waals surface area (Å²) in [6, 6.07) is 17.8. The van der Waals surface area contributed by atoms with E-state index >= 15 is 0 Å². The predicted molar refractivity (Wildman–Crippen MR) is 102 cm³/mol. The average molecular weight is 349 g/mol. The van der Waals surface area contributed by atoms with Gasteiger partial charge in [0.25, 0.3) is 0 Å². The Morgan fingerprint density at radius 2 is 1.62 bits per heavy atom. The van der Waals surface area contributed by atoms with Gasteiger partial charge in [0.15, 0.2) is 0 Å². The van der Waals surface area contributed by atoms with Crippen molar-refractivity contribution in [2.45, 2.75) is 38.6 Å². The molecule has 0 atom stereocenters. The van der Waals surface area contributed by atoms with Gasteiger partial charge in [-0.2, -0.15) is 5.10 Å². The van der Waals surface area contributed by atoms with Crippen molar-refractivity contribution in [3.8, 4) is 0 Å². The smallest absolute Gasteiger partial charge is 0.240 e. The van der Waals surface area contributed by atoms with Crippen LogP contribution in [0.2, 0.25) is 0 Å². The highest BCUT2D eigenvalue weighted by atomic mass is 16.2. The molecule has 2 N–H and O–H groups in total. The first-order valence-corrected chi connectivity index (χ1v) is 8.96. The Morgan fingerprint density at radius 3 is 2.46 bits per heavy atom. The molecule has 5 heteroatoms. The molecule has 0 saturated carbocycles. The summed E-state index contributed by atoms with van der Waals surface area (Å²) in [6.45, 7) is 0.473. The molecule has 2 amide bonds. The van der Waals surface area contributed by atoms with Crippen molar-refractivity contribution in [1.29, 1.82) is 0 Å². The van der Waals surface area contributed by atoms with Gasteiger partial charge in [-0.05, 0) is 30.4 Å². The number of rotatable bonds is 6. The Balaban J connectivity index is 1.44. The van der Waals surface area contributed by atoms with Crippen LogP contribution in [0.25, 0.3) is 0 Å². The maximum absolute atomic E-state index is 12.0. The average Bonchev–Trinajstić information content (AvgIpc) is 2.70. The lowest BCUT2D eigenvalue weighted by Crippen LogP contribution is -2.26. The number of nitrogens with zero attached hydrogens (tertiary/aromatic N) is 1. The minimum absolute atomic E-state index is 0.124. The molecule has 26 heavy (non-hydrogen) atoms. The fraction of sp³-hybridized carbons (Fsp3) is 0.286.